The van der Waals surface area contributed by atoms with Crippen LogP contribution in [0.3, 0.4) is 0 Å². The third kappa shape index (κ3) is 4.51. The fraction of sp³-hybridized carbons (Fsp3) is 0.350. The number of anilines is 1. The Balaban J connectivity index is 2.21. The average molecular weight is 375 g/mol. The van der Waals surface area contributed by atoms with Gasteiger partial charge in [-0.15, -0.1) is 0 Å². The normalized spacial score (nSPS) is 11.8. The van der Waals surface area contributed by atoms with Crippen LogP contribution in [0.5, 0.6) is 0 Å². The number of likely N-dealkylation sites (N-methyl/N-ethyl adjacent to an activating group) is 1. The molecule has 1 N–H and O–H groups in total. The third-order valence-corrected chi connectivity index (χ3v) is 6.18. The van der Waals surface area contributed by atoms with Gasteiger partial charge >= 0.3 is 0 Å². The van der Waals surface area contributed by atoms with Gasteiger partial charge in [0.25, 0.3) is 0 Å². The lowest BCUT2D eigenvalue weighted by Crippen LogP contribution is -2.38. The summed E-state index contributed by atoms with van der Waals surface area (Å²) in [5, 5.41) is 2.90. The first-order valence-electron chi connectivity index (χ1n) is 8.72. The molecule has 0 spiro atoms. The number of rotatable bonds is 7. The standard InChI is InChI=1S/C20H26N2O3S/c1-5-22(26(24,25)17-11-7-6-8-12-17)14-19(23)21-20-16(4)10-9-13-18(20)15(2)3/h6-13,15H,5,14H2,1-4H3,(H,21,23). The van der Waals surface area contributed by atoms with Crippen molar-refractivity contribution in [3.63, 3.8) is 0 Å². The van der Waals surface area contributed by atoms with Gasteiger partial charge in [-0.1, -0.05) is 57.2 Å². The Morgan fingerprint density at radius 2 is 1.73 bits per heavy atom. The van der Waals surface area contributed by atoms with E-state index in [-0.39, 0.29) is 29.8 Å². The fourth-order valence-electron chi connectivity index (χ4n) is 2.79. The first-order chi connectivity index (χ1) is 12.3. The molecule has 2 rings (SSSR count). The van der Waals surface area contributed by atoms with Gasteiger partial charge in [0.05, 0.1) is 11.4 Å². The number of hydrogen-bond acceptors (Lipinski definition) is 3. The average Bonchev–Trinajstić information content (AvgIpc) is 2.61. The van der Waals surface area contributed by atoms with Gasteiger partial charge in [-0.2, -0.15) is 4.31 Å². The molecule has 26 heavy (non-hydrogen) atoms. The van der Waals surface area contributed by atoms with Crippen molar-refractivity contribution >= 4 is 21.6 Å². The summed E-state index contributed by atoms with van der Waals surface area (Å²) >= 11 is 0. The zero-order valence-electron chi connectivity index (χ0n) is 15.7. The highest BCUT2D eigenvalue weighted by molar-refractivity contribution is 7.89. The molecule has 0 aromatic heterocycles. The summed E-state index contributed by atoms with van der Waals surface area (Å²) < 4.78 is 26.7. The Morgan fingerprint density at radius 1 is 1.08 bits per heavy atom. The van der Waals surface area contributed by atoms with Crippen LogP contribution in [0.15, 0.2) is 53.4 Å². The molecule has 0 aliphatic heterocycles. The van der Waals surface area contributed by atoms with E-state index in [9.17, 15) is 13.2 Å². The summed E-state index contributed by atoms with van der Waals surface area (Å²) in [6.07, 6.45) is 0. The number of aryl methyl sites for hydroxylation is 1. The lowest BCUT2D eigenvalue weighted by molar-refractivity contribution is -0.116. The van der Waals surface area contributed by atoms with Crippen LogP contribution < -0.4 is 5.32 Å². The number of hydrogen-bond donors (Lipinski definition) is 1. The smallest absolute Gasteiger partial charge is 0.243 e. The molecular formula is C20H26N2O3S. The lowest BCUT2D eigenvalue weighted by Gasteiger charge is -2.21. The number of carbonyl (C=O) groups excluding carboxylic acids is 1. The van der Waals surface area contributed by atoms with Crippen molar-refractivity contribution in [1.29, 1.82) is 0 Å². The molecule has 0 aliphatic carbocycles. The van der Waals surface area contributed by atoms with Crippen LogP contribution in [0.1, 0.15) is 37.8 Å². The maximum atomic E-state index is 12.7. The highest BCUT2D eigenvalue weighted by Gasteiger charge is 2.25. The molecule has 2 aromatic carbocycles. The molecule has 0 saturated heterocycles. The Hall–Kier alpha value is -2.18. The molecule has 5 nitrogen and oxygen atoms in total. The molecule has 0 aliphatic rings. The van der Waals surface area contributed by atoms with Crippen LogP contribution in [0.2, 0.25) is 0 Å². The Morgan fingerprint density at radius 3 is 2.31 bits per heavy atom. The van der Waals surface area contributed by atoms with Crippen molar-refractivity contribution in [3.8, 4) is 0 Å². The van der Waals surface area contributed by atoms with Crippen LogP contribution in [0.4, 0.5) is 5.69 Å². The summed E-state index contributed by atoms with van der Waals surface area (Å²) in [6.45, 7) is 7.77. The fourth-order valence-corrected chi connectivity index (χ4v) is 4.22. The van der Waals surface area contributed by atoms with Crippen molar-refractivity contribution in [1.82, 2.24) is 4.31 Å². The van der Waals surface area contributed by atoms with Crippen molar-refractivity contribution in [2.45, 2.75) is 38.5 Å². The molecule has 2 aromatic rings. The van der Waals surface area contributed by atoms with Crippen LogP contribution in [-0.2, 0) is 14.8 Å². The molecule has 0 radical (unpaired) electrons. The van der Waals surface area contributed by atoms with E-state index in [1.54, 1.807) is 25.1 Å². The predicted molar refractivity (Wildman–Crippen MR) is 105 cm³/mol. The summed E-state index contributed by atoms with van der Waals surface area (Å²) in [4.78, 5) is 12.8. The summed E-state index contributed by atoms with van der Waals surface area (Å²) in [5.74, 6) is -0.0944. The number of benzene rings is 2. The van der Waals surface area contributed by atoms with Crippen LogP contribution in [0.25, 0.3) is 0 Å². The molecule has 0 atom stereocenters. The van der Waals surface area contributed by atoms with Gasteiger partial charge in [0.1, 0.15) is 0 Å². The van der Waals surface area contributed by atoms with E-state index in [1.165, 1.54) is 16.4 Å². The number of nitrogens with one attached hydrogen (secondary N) is 1. The summed E-state index contributed by atoms with van der Waals surface area (Å²) in [7, 11) is -3.70. The SMILES string of the molecule is CCN(CC(=O)Nc1c(C)cccc1C(C)C)S(=O)(=O)c1ccccc1. The molecule has 6 heteroatoms. The van der Waals surface area contributed by atoms with Gasteiger partial charge in [-0.05, 0) is 36.1 Å². The number of para-hydroxylation sites is 1. The highest BCUT2D eigenvalue weighted by atomic mass is 32.2. The zero-order valence-corrected chi connectivity index (χ0v) is 16.5. The number of nitrogens with zero attached hydrogens (tertiary/aromatic N) is 1. The maximum Gasteiger partial charge on any atom is 0.243 e. The molecule has 0 saturated carbocycles. The predicted octanol–water partition coefficient (Wildman–Crippen LogP) is 3.77. The van der Waals surface area contributed by atoms with E-state index in [1.807, 2.05) is 25.1 Å². The minimum Gasteiger partial charge on any atom is -0.324 e. The number of sulfonamides is 1. The van der Waals surface area contributed by atoms with E-state index < -0.39 is 10.0 Å². The Labute approximate surface area is 156 Å². The van der Waals surface area contributed by atoms with Crippen LogP contribution in [0, 0.1) is 6.92 Å². The largest absolute Gasteiger partial charge is 0.324 e. The third-order valence-electron chi connectivity index (χ3n) is 4.25. The van der Waals surface area contributed by atoms with E-state index in [4.69, 9.17) is 0 Å². The molecule has 0 heterocycles. The molecule has 0 bridgehead atoms. The first-order valence-corrected chi connectivity index (χ1v) is 10.2. The van der Waals surface area contributed by atoms with Gasteiger partial charge in [0, 0.05) is 12.2 Å². The van der Waals surface area contributed by atoms with Crippen LogP contribution in [-0.4, -0.2) is 31.7 Å². The summed E-state index contributed by atoms with van der Waals surface area (Å²) in [6, 6.07) is 14.0. The maximum absolute atomic E-state index is 12.7. The van der Waals surface area contributed by atoms with Gasteiger partial charge in [-0.3, -0.25) is 4.79 Å². The Kier molecular flexibility index (Phi) is 6.56. The van der Waals surface area contributed by atoms with Crippen molar-refractivity contribution in [3.05, 3.63) is 59.7 Å². The van der Waals surface area contributed by atoms with Crippen molar-refractivity contribution in [2.75, 3.05) is 18.4 Å². The molecule has 0 fully saturated rings. The van der Waals surface area contributed by atoms with Crippen molar-refractivity contribution < 1.29 is 13.2 Å². The van der Waals surface area contributed by atoms with Crippen LogP contribution >= 0.6 is 0 Å². The lowest BCUT2D eigenvalue weighted by atomic mass is 9.98. The van der Waals surface area contributed by atoms with E-state index in [0.29, 0.717) is 0 Å². The minimum absolute atomic E-state index is 0.188. The minimum atomic E-state index is -3.70. The summed E-state index contributed by atoms with van der Waals surface area (Å²) in [5.41, 5.74) is 2.76. The number of amides is 1. The Bertz CT molecular complexity index is 862. The second kappa shape index (κ2) is 8.47. The van der Waals surface area contributed by atoms with E-state index in [0.717, 1.165) is 16.8 Å². The molecular weight excluding hydrogens is 348 g/mol. The van der Waals surface area contributed by atoms with Crippen molar-refractivity contribution in [2.24, 2.45) is 0 Å². The molecule has 140 valence electrons. The topological polar surface area (TPSA) is 66.5 Å². The van der Waals surface area contributed by atoms with E-state index >= 15 is 0 Å². The molecule has 0 unspecified atom stereocenters. The second-order valence-electron chi connectivity index (χ2n) is 6.49. The number of carbonyl (C=O) groups is 1. The second-order valence-corrected chi connectivity index (χ2v) is 8.42. The molecule has 1 amide bonds. The zero-order chi connectivity index (χ0) is 19.3. The van der Waals surface area contributed by atoms with E-state index in [2.05, 4.69) is 19.2 Å². The van der Waals surface area contributed by atoms with Gasteiger partial charge < -0.3 is 5.32 Å². The van der Waals surface area contributed by atoms with Gasteiger partial charge in [0.2, 0.25) is 15.9 Å². The highest BCUT2D eigenvalue weighted by Crippen LogP contribution is 2.27. The van der Waals surface area contributed by atoms with Gasteiger partial charge in [0.15, 0.2) is 0 Å². The monoisotopic (exact) mass is 374 g/mol. The quantitative estimate of drug-likeness (QED) is 0.802. The first kappa shape index (κ1) is 20.1. The van der Waals surface area contributed by atoms with Gasteiger partial charge in [-0.25, -0.2) is 8.42 Å².